The summed E-state index contributed by atoms with van der Waals surface area (Å²) in [5, 5.41) is 2.90. The van der Waals surface area contributed by atoms with E-state index < -0.39 is 37.0 Å². The first-order valence-corrected chi connectivity index (χ1v) is 15.8. The highest BCUT2D eigenvalue weighted by Crippen LogP contribution is 2.59. The maximum atomic E-state index is 14.1. The molecule has 1 spiro atoms. The first-order chi connectivity index (χ1) is 18.1. The Morgan fingerprint density at radius 1 is 1.11 bits per heavy atom. The first kappa shape index (κ1) is 25.0. The molecule has 3 aliphatic rings. The quantitative estimate of drug-likeness (QED) is 0.480. The smallest absolute Gasteiger partial charge is 0.264 e. The van der Waals surface area contributed by atoms with Gasteiger partial charge in [0, 0.05) is 44.7 Å². The second-order valence-electron chi connectivity index (χ2n) is 10.3. The number of aromatic nitrogens is 1. The number of rotatable bonds is 5. The Morgan fingerprint density at radius 3 is 2.45 bits per heavy atom. The lowest BCUT2D eigenvalue weighted by molar-refractivity contribution is 0.102. The van der Waals surface area contributed by atoms with Crippen LogP contribution >= 0.6 is 0 Å². The molecule has 6 rings (SSSR count). The fourth-order valence-electron chi connectivity index (χ4n) is 5.98. The summed E-state index contributed by atoms with van der Waals surface area (Å²) < 4.78 is 64.2. The molecule has 38 heavy (non-hydrogen) atoms. The molecule has 1 unspecified atom stereocenters. The van der Waals surface area contributed by atoms with E-state index in [-0.39, 0.29) is 28.2 Å². The lowest BCUT2D eigenvalue weighted by atomic mass is 9.70. The number of benzene rings is 2. The molecule has 11 heteroatoms. The minimum absolute atomic E-state index is 0.00149. The summed E-state index contributed by atoms with van der Waals surface area (Å²) in [7, 11) is -6.79. The van der Waals surface area contributed by atoms with Gasteiger partial charge in [-0.05, 0) is 91.8 Å². The number of nitrogens with zero attached hydrogens (tertiary/aromatic N) is 2. The Morgan fingerprint density at radius 2 is 1.82 bits per heavy atom. The Labute approximate surface area is 221 Å². The van der Waals surface area contributed by atoms with E-state index in [1.807, 2.05) is 6.07 Å². The Hall–Kier alpha value is -3.31. The first-order valence-electron chi connectivity index (χ1n) is 12.5. The predicted molar refractivity (Wildman–Crippen MR) is 143 cm³/mol. The molecular weight excluding hydrogens is 527 g/mol. The van der Waals surface area contributed by atoms with Crippen LogP contribution in [0.15, 0.2) is 71.9 Å². The fraction of sp³-hybridized carbons (Fsp3) is 0.333. The molecule has 3 heterocycles. The van der Waals surface area contributed by atoms with Crippen LogP contribution in [0.4, 0.5) is 15.8 Å². The summed E-state index contributed by atoms with van der Waals surface area (Å²) in [5.74, 6) is -0.366. The van der Waals surface area contributed by atoms with Crippen LogP contribution in [0.25, 0.3) is 0 Å². The van der Waals surface area contributed by atoms with Crippen molar-refractivity contribution in [2.45, 2.75) is 42.0 Å². The molecule has 2 aromatic carbocycles. The van der Waals surface area contributed by atoms with E-state index in [9.17, 15) is 21.8 Å². The third-order valence-corrected chi connectivity index (χ3v) is 11.5. The molecule has 2 N–H and O–H groups in total. The van der Waals surface area contributed by atoms with Crippen molar-refractivity contribution in [3.63, 3.8) is 0 Å². The minimum atomic E-state index is -4.05. The number of halogens is 1. The SMILES string of the molecule is N=S1(=O)CCC2(CC1)c1cc(NC(=O)c3cccnc3)ccc1N(S(=O)(=O)c1ccc(F)cc1)C2C1CC1. The van der Waals surface area contributed by atoms with Gasteiger partial charge in [-0.2, -0.15) is 0 Å². The topological polar surface area (TPSA) is 120 Å². The van der Waals surface area contributed by atoms with Gasteiger partial charge in [0.15, 0.2) is 0 Å². The summed E-state index contributed by atoms with van der Waals surface area (Å²) in [6.07, 6.45) is 5.62. The van der Waals surface area contributed by atoms with Gasteiger partial charge < -0.3 is 5.32 Å². The molecule has 1 amide bonds. The lowest BCUT2D eigenvalue weighted by Gasteiger charge is -2.42. The van der Waals surface area contributed by atoms with Gasteiger partial charge >= 0.3 is 0 Å². The monoisotopic (exact) mass is 554 g/mol. The van der Waals surface area contributed by atoms with Gasteiger partial charge in [0.05, 0.1) is 22.2 Å². The fourth-order valence-corrected chi connectivity index (χ4v) is 9.37. The molecule has 1 atom stereocenters. The van der Waals surface area contributed by atoms with E-state index in [0.29, 0.717) is 29.8 Å². The molecule has 1 aliphatic carbocycles. The maximum Gasteiger partial charge on any atom is 0.264 e. The summed E-state index contributed by atoms with van der Waals surface area (Å²) in [6.45, 7) is 0. The average molecular weight is 555 g/mol. The normalized spacial score (nSPS) is 26.8. The summed E-state index contributed by atoms with van der Waals surface area (Å²) in [5.41, 5.74) is 1.57. The van der Waals surface area contributed by atoms with Crippen LogP contribution in [0.5, 0.6) is 0 Å². The highest BCUT2D eigenvalue weighted by molar-refractivity contribution is 7.93. The number of pyridine rings is 1. The van der Waals surface area contributed by atoms with Crippen molar-refractivity contribution in [1.29, 1.82) is 4.78 Å². The number of nitrogens with one attached hydrogen (secondary N) is 2. The second kappa shape index (κ2) is 8.88. The number of hydrogen-bond acceptors (Lipinski definition) is 6. The van der Waals surface area contributed by atoms with E-state index in [4.69, 9.17) is 4.78 Å². The number of fused-ring (bicyclic) bond motifs is 2. The number of amides is 1. The van der Waals surface area contributed by atoms with Crippen LogP contribution in [0, 0.1) is 16.5 Å². The molecule has 1 aromatic heterocycles. The van der Waals surface area contributed by atoms with Crippen LogP contribution in [0.2, 0.25) is 0 Å². The highest BCUT2D eigenvalue weighted by Gasteiger charge is 2.60. The van der Waals surface area contributed by atoms with E-state index in [1.54, 1.807) is 30.5 Å². The van der Waals surface area contributed by atoms with Gasteiger partial charge in [-0.25, -0.2) is 17.0 Å². The number of carbonyl (C=O) groups excluding carboxylic acids is 1. The third-order valence-electron chi connectivity index (χ3n) is 7.97. The molecule has 8 nitrogen and oxygen atoms in total. The number of hydrogen-bond donors (Lipinski definition) is 2. The van der Waals surface area contributed by atoms with E-state index in [1.165, 1.54) is 22.6 Å². The van der Waals surface area contributed by atoms with Crippen LogP contribution in [-0.4, -0.2) is 41.1 Å². The molecule has 3 aromatic rings. The van der Waals surface area contributed by atoms with Gasteiger partial charge in [0.25, 0.3) is 15.9 Å². The summed E-state index contributed by atoms with van der Waals surface area (Å²) in [4.78, 5) is 16.8. The standard InChI is InChI=1S/C27H27FN4O4S2/c28-20-5-8-22(9-6-20)38(35,36)32-24-10-7-21(31-26(33)19-2-1-13-30-17-19)16-23(24)27(25(32)18-3-4-18)11-14-37(29,34)15-12-27/h1-2,5-10,13,16-18,25,29H,3-4,11-12,14-15H2,(H,31,33). The van der Waals surface area contributed by atoms with Gasteiger partial charge in [-0.1, -0.05) is 0 Å². The predicted octanol–water partition coefficient (Wildman–Crippen LogP) is 4.54. The number of sulfonamides is 1. The van der Waals surface area contributed by atoms with E-state index in [2.05, 4.69) is 10.3 Å². The van der Waals surface area contributed by atoms with Crippen LogP contribution < -0.4 is 9.62 Å². The largest absolute Gasteiger partial charge is 0.322 e. The third kappa shape index (κ3) is 4.17. The molecule has 0 radical (unpaired) electrons. The molecule has 1 saturated carbocycles. The number of carbonyl (C=O) groups is 1. The molecular formula is C27H27FN4O4S2. The zero-order valence-corrected chi connectivity index (χ0v) is 22.1. The van der Waals surface area contributed by atoms with Crippen molar-refractivity contribution >= 4 is 37.0 Å². The van der Waals surface area contributed by atoms with Crippen LogP contribution in [0.1, 0.15) is 41.6 Å². The van der Waals surface area contributed by atoms with Crippen molar-refractivity contribution in [2.24, 2.45) is 5.92 Å². The number of anilines is 2. The minimum Gasteiger partial charge on any atom is -0.322 e. The summed E-state index contributed by atoms with van der Waals surface area (Å²) in [6, 6.07) is 13.0. The van der Waals surface area contributed by atoms with E-state index in [0.717, 1.165) is 30.5 Å². The summed E-state index contributed by atoms with van der Waals surface area (Å²) >= 11 is 0. The van der Waals surface area contributed by atoms with E-state index >= 15 is 0 Å². The van der Waals surface area contributed by atoms with Gasteiger partial charge in [-0.3, -0.25) is 18.9 Å². The Kier molecular flexibility index (Phi) is 5.84. The van der Waals surface area contributed by atoms with Crippen LogP contribution in [0.3, 0.4) is 0 Å². The molecule has 2 fully saturated rings. The van der Waals surface area contributed by atoms with Crippen molar-refractivity contribution in [2.75, 3.05) is 21.1 Å². The van der Waals surface area contributed by atoms with Crippen molar-refractivity contribution in [3.05, 3.63) is 83.9 Å². The molecule has 198 valence electrons. The molecule has 1 saturated heterocycles. The van der Waals surface area contributed by atoms with Crippen LogP contribution in [-0.2, 0) is 25.2 Å². The van der Waals surface area contributed by atoms with Crippen molar-refractivity contribution in [1.82, 2.24) is 4.98 Å². The maximum absolute atomic E-state index is 14.1. The zero-order chi connectivity index (χ0) is 26.7. The van der Waals surface area contributed by atoms with Gasteiger partial charge in [-0.15, -0.1) is 0 Å². The highest BCUT2D eigenvalue weighted by atomic mass is 32.2. The molecule has 2 aliphatic heterocycles. The average Bonchev–Trinajstić information content (AvgIpc) is 3.70. The van der Waals surface area contributed by atoms with Crippen molar-refractivity contribution in [3.8, 4) is 0 Å². The second-order valence-corrected chi connectivity index (χ2v) is 14.6. The van der Waals surface area contributed by atoms with Crippen molar-refractivity contribution < 1.29 is 21.8 Å². The zero-order valence-electron chi connectivity index (χ0n) is 20.5. The van der Waals surface area contributed by atoms with Gasteiger partial charge in [0.1, 0.15) is 5.82 Å². The van der Waals surface area contributed by atoms with Gasteiger partial charge in [0.2, 0.25) is 0 Å². The molecule has 0 bridgehead atoms. The Bertz CT molecular complexity index is 1610. The lowest BCUT2D eigenvalue weighted by Crippen LogP contribution is -2.52. The Balaban J connectivity index is 1.48.